The molecule has 0 aliphatic heterocycles. The minimum Gasteiger partial charge on any atom is -0.384 e. The van der Waals surface area contributed by atoms with Crippen LogP contribution >= 0.6 is 0 Å². The average Bonchev–Trinajstić information content (AvgIpc) is 2.77. The molecule has 18 heavy (non-hydrogen) atoms. The molecule has 96 valence electrons. The number of anilines is 1. The standard InChI is InChI=1S/C12H18N6/c1-4-5-18-10(7-14-17-18)9-6-11(13)16-12(15-9)8(2)3/h6-8H,4-5H2,1-3H3,(H2,13,15,16). The predicted molar refractivity (Wildman–Crippen MR) is 69.8 cm³/mol. The summed E-state index contributed by atoms with van der Waals surface area (Å²) in [5, 5.41) is 7.98. The van der Waals surface area contributed by atoms with Gasteiger partial charge in [0.1, 0.15) is 17.3 Å². The van der Waals surface area contributed by atoms with Crippen LogP contribution in [0.5, 0.6) is 0 Å². The van der Waals surface area contributed by atoms with Gasteiger partial charge in [-0.3, -0.25) is 0 Å². The maximum absolute atomic E-state index is 5.83. The molecule has 2 heterocycles. The summed E-state index contributed by atoms with van der Waals surface area (Å²) in [6.45, 7) is 7.00. The average molecular weight is 246 g/mol. The highest BCUT2D eigenvalue weighted by molar-refractivity contribution is 5.57. The van der Waals surface area contributed by atoms with Gasteiger partial charge in [0.15, 0.2) is 0 Å². The number of rotatable bonds is 4. The predicted octanol–water partition coefficient (Wildman–Crippen LogP) is 1.85. The van der Waals surface area contributed by atoms with Gasteiger partial charge in [0.2, 0.25) is 0 Å². The molecule has 6 nitrogen and oxygen atoms in total. The molecule has 2 N–H and O–H groups in total. The summed E-state index contributed by atoms with van der Waals surface area (Å²) < 4.78 is 1.84. The third-order valence-electron chi connectivity index (χ3n) is 2.60. The molecule has 0 aliphatic rings. The van der Waals surface area contributed by atoms with E-state index in [4.69, 9.17) is 5.73 Å². The first-order valence-electron chi connectivity index (χ1n) is 6.15. The molecule has 0 spiro atoms. The van der Waals surface area contributed by atoms with Gasteiger partial charge in [-0.05, 0) is 6.42 Å². The second-order valence-corrected chi connectivity index (χ2v) is 4.53. The van der Waals surface area contributed by atoms with E-state index >= 15 is 0 Å². The lowest BCUT2D eigenvalue weighted by molar-refractivity contribution is 0.583. The number of nitrogen functional groups attached to an aromatic ring is 1. The van der Waals surface area contributed by atoms with Gasteiger partial charge in [-0.1, -0.05) is 26.0 Å². The Labute approximate surface area is 106 Å². The zero-order valence-corrected chi connectivity index (χ0v) is 11.0. The number of hydrogen-bond donors (Lipinski definition) is 1. The van der Waals surface area contributed by atoms with Gasteiger partial charge in [-0.2, -0.15) is 0 Å². The Morgan fingerprint density at radius 1 is 1.33 bits per heavy atom. The van der Waals surface area contributed by atoms with Crippen LogP contribution in [0.4, 0.5) is 5.82 Å². The quantitative estimate of drug-likeness (QED) is 0.890. The van der Waals surface area contributed by atoms with Crippen LogP contribution in [0.3, 0.4) is 0 Å². The van der Waals surface area contributed by atoms with Crippen molar-refractivity contribution >= 4 is 5.82 Å². The van der Waals surface area contributed by atoms with Crippen molar-refractivity contribution in [3.63, 3.8) is 0 Å². The minimum atomic E-state index is 0.239. The highest BCUT2D eigenvalue weighted by Crippen LogP contribution is 2.20. The van der Waals surface area contributed by atoms with E-state index in [-0.39, 0.29) is 5.92 Å². The van der Waals surface area contributed by atoms with Crippen molar-refractivity contribution < 1.29 is 0 Å². The smallest absolute Gasteiger partial charge is 0.134 e. The number of nitrogens with two attached hydrogens (primary N) is 1. The van der Waals surface area contributed by atoms with Crippen molar-refractivity contribution in [2.75, 3.05) is 5.73 Å². The molecule has 0 fully saturated rings. The Hall–Kier alpha value is -1.98. The van der Waals surface area contributed by atoms with Gasteiger partial charge in [0, 0.05) is 18.5 Å². The maximum atomic E-state index is 5.83. The normalized spacial score (nSPS) is 11.1. The van der Waals surface area contributed by atoms with Crippen LogP contribution in [0.25, 0.3) is 11.4 Å². The molecule has 2 rings (SSSR count). The molecule has 2 aromatic heterocycles. The number of hydrogen-bond acceptors (Lipinski definition) is 5. The molecule has 0 aromatic carbocycles. The van der Waals surface area contributed by atoms with Crippen LogP contribution in [-0.2, 0) is 6.54 Å². The van der Waals surface area contributed by atoms with Gasteiger partial charge in [0.05, 0.1) is 11.9 Å². The molecule has 0 bridgehead atoms. The second-order valence-electron chi connectivity index (χ2n) is 4.53. The molecule has 0 amide bonds. The lowest BCUT2D eigenvalue weighted by Gasteiger charge is -2.09. The molecule has 6 heteroatoms. The Morgan fingerprint density at radius 3 is 2.78 bits per heavy atom. The summed E-state index contributed by atoms with van der Waals surface area (Å²) >= 11 is 0. The van der Waals surface area contributed by atoms with Gasteiger partial charge in [-0.15, -0.1) is 5.10 Å². The van der Waals surface area contributed by atoms with Crippen molar-refractivity contribution in [3.8, 4) is 11.4 Å². The van der Waals surface area contributed by atoms with E-state index in [1.165, 1.54) is 0 Å². The summed E-state index contributed by atoms with van der Waals surface area (Å²) in [5.74, 6) is 1.46. The zero-order chi connectivity index (χ0) is 13.1. The van der Waals surface area contributed by atoms with Crippen molar-refractivity contribution in [1.82, 2.24) is 25.0 Å². The number of aromatic nitrogens is 5. The van der Waals surface area contributed by atoms with Crippen LogP contribution in [0, 0.1) is 0 Å². The third kappa shape index (κ3) is 2.47. The van der Waals surface area contributed by atoms with E-state index < -0.39 is 0 Å². The largest absolute Gasteiger partial charge is 0.384 e. The number of aryl methyl sites for hydroxylation is 1. The Balaban J connectivity index is 2.46. The highest BCUT2D eigenvalue weighted by atomic mass is 15.4. The third-order valence-corrected chi connectivity index (χ3v) is 2.60. The minimum absolute atomic E-state index is 0.239. The summed E-state index contributed by atoms with van der Waals surface area (Å²) in [7, 11) is 0. The van der Waals surface area contributed by atoms with Crippen LogP contribution in [0.2, 0.25) is 0 Å². The molecule has 0 unspecified atom stereocenters. The number of nitrogens with zero attached hydrogens (tertiary/aromatic N) is 5. The van der Waals surface area contributed by atoms with Crippen LogP contribution in [-0.4, -0.2) is 25.0 Å². The molecule has 0 atom stereocenters. The second kappa shape index (κ2) is 5.12. The van der Waals surface area contributed by atoms with Gasteiger partial charge in [0.25, 0.3) is 0 Å². The van der Waals surface area contributed by atoms with E-state index in [0.717, 1.165) is 30.2 Å². The lowest BCUT2D eigenvalue weighted by atomic mass is 10.2. The van der Waals surface area contributed by atoms with Gasteiger partial charge < -0.3 is 5.73 Å². The SMILES string of the molecule is CCCn1nncc1-c1cc(N)nc(C(C)C)n1. The van der Waals surface area contributed by atoms with E-state index in [2.05, 4.69) is 27.2 Å². The van der Waals surface area contributed by atoms with Crippen LogP contribution < -0.4 is 5.73 Å². The molecule has 0 saturated carbocycles. The fraction of sp³-hybridized carbons (Fsp3) is 0.500. The first-order valence-corrected chi connectivity index (χ1v) is 6.15. The van der Waals surface area contributed by atoms with Crippen LogP contribution in [0.15, 0.2) is 12.3 Å². The van der Waals surface area contributed by atoms with E-state index in [1.54, 1.807) is 12.3 Å². The fourth-order valence-corrected chi connectivity index (χ4v) is 1.71. The zero-order valence-electron chi connectivity index (χ0n) is 11.0. The molecule has 2 aromatic rings. The van der Waals surface area contributed by atoms with E-state index in [1.807, 2.05) is 18.5 Å². The Kier molecular flexibility index (Phi) is 3.55. The van der Waals surface area contributed by atoms with Gasteiger partial charge in [-0.25, -0.2) is 14.6 Å². The van der Waals surface area contributed by atoms with Crippen LogP contribution in [0.1, 0.15) is 38.9 Å². The summed E-state index contributed by atoms with van der Waals surface area (Å²) in [5.41, 5.74) is 7.49. The monoisotopic (exact) mass is 246 g/mol. The lowest BCUT2D eigenvalue weighted by Crippen LogP contribution is -2.06. The highest BCUT2D eigenvalue weighted by Gasteiger charge is 2.12. The van der Waals surface area contributed by atoms with E-state index in [9.17, 15) is 0 Å². The molecule has 0 aliphatic carbocycles. The summed E-state index contributed by atoms with van der Waals surface area (Å²) in [6, 6.07) is 1.76. The first-order chi connectivity index (χ1) is 8.61. The molecular weight excluding hydrogens is 228 g/mol. The fourth-order valence-electron chi connectivity index (χ4n) is 1.71. The van der Waals surface area contributed by atoms with Crippen molar-refractivity contribution in [2.45, 2.75) is 39.7 Å². The first kappa shape index (κ1) is 12.5. The maximum Gasteiger partial charge on any atom is 0.134 e. The van der Waals surface area contributed by atoms with Crippen molar-refractivity contribution in [2.24, 2.45) is 0 Å². The molecular formula is C12H18N6. The topological polar surface area (TPSA) is 82.5 Å². The molecule has 0 radical (unpaired) electrons. The summed E-state index contributed by atoms with van der Waals surface area (Å²) in [4.78, 5) is 8.76. The Morgan fingerprint density at radius 2 is 2.11 bits per heavy atom. The van der Waals surface area contributed by atoms with E-state index in [0.29, 0.717) is 5.82 Å². The molecule has 0 saturated heterocycles. The summed E-state index contributed by atoms with van der Waals surface area (Å²) in [6.07, 6.45) is 2.70. The Bertz CT molecular complexity index is 531. The van der Waals surface area contributed by atoms with Crippen molar-refractivity contribution in [1.29, 1.82) is 0 Å². The van der Waals surface area contributed by atoms with Gasteiger partial charge >= 0.3 is 0 Å². The van der Waals surface area contributed by atoms with Crippen molar-refractivity contribution in [3.05, 3.63) is 18.1 Å².